The molecule has 0 fully saturated rings. The molecular weight excluding hydrogens is 200 g/mol. The Morgan fingerprint density at radius 3 is 2.88 bits per heavy atom. The van der Waals surface area contributed by atoms with Crippen molar-refractivity contribution < 1.29 is 9.53 Å². The van der Waals surface area contributed by atoms with Gasteiger partial charge in [0.05, 0.1) is 0 Å². The summed E-state index contributed by atoms with van der Waals surface area (Å²) < 4.78 is 5.37. The first-order valence-corrected chi connectivity index (χ1v) is 5.35. The normalized spacial score (nSPS) is 17.1. The minimum atomic E-state index is -0.358. The van der Waals surface area contributed by atoms with Gasteiger partial charge in [-0.3, -0.25) is 0 Å². The summed E-state index contributed by atoms with van der Waals surface area (Å²) in [5, 5.41) is 0. The zero-order chi connectivity index (χ0) is 11.7. The standard InChI is InChI=1S/C14H14O2/c1-4-10-8-11-6-5-7-12(11)13(10)16-14(15)9(2)3/h5-8H,2,4H2,1,3H3. The van der Waals surface area contributed by atoms with Gasteiger partial charge < -0.3 is 4.74 Å². The lowest BCUT2D eigenvalue weighted by Gasteiger charge is -2.08. The number of carbonyl (C=O) groups is 1. The van der Waals surface area contributed by atoms with E-state index in [1.54, 1.807) is 6.92 Å². The van der Waals surface area contributed by atoms with E-state index in [9.17, 15) is 4.79 Å². The van der Waals surface area contributed by atoms with Gasteiger partial charge in [0.15, 0.2) is 0 Å². The van der Waals surface area contributed by atoms with E-state index in [0.717, 1.165) is 23.1 Å². The van der Waals surface area contributed by atoms with Crippen LogP contribution in [0.2, 0.25) is 0 Å². The summed E-state index contributed by atoms with van der Waals surface area (Å²) in [5.74, 6) is 0.332. The number of hydrogen-bond donors (Lipinski definition) is 0. The van der Waals surface area contributed by atoms with Crippen LogP contribution in [0.15, 0.2) is 58.9 Å². The third-order valence-electron chi connectivity index (χ3n) is 2.64. The lowest BCUT2D eigenvalue weighted by Crippen LogP contribution is -2.06. The SMILES string of the molecule is C=C(C)C(=O)OC1=C(CC)C=C2C=CC=C21. The van der Waals surface area contributed by atoms with Crippen molar-refractivity contribution in [1.29, 1.82) is 0 Å². The van der Waals surface area contributed by atoms with Crippen LogP contribution in [-0.4, -0.2) is 5.97 Å². The quantitative estimate of drug-likeness (QED) is 0.532. The zero-order valence-electron chi connectivity index (χ0n) is 9.54. The van der Waals surface area contributed by atoms with E-state index < -0.39 is 0 Å². The van der Waals surface area contributed by atoms with E-state index in [1.165, 1.54) is 0 Å². The van der Waals surface area contributed by atoms with Gasteiger partial charge in [0, 0.05) is 11.1 Å². The molecule has 16 heavy (non-hydrogen) atoms. The number of hydrogen-bond acceptors (Lipinski definition) is 2. The van der Waals surface area contributed by atoms with Crippen molar-refractivity contribution >= 4 is 5.97 Å². The predicted octanol–water partition coefficient (Wildman–Crippen LogP) is 3.21. The summed E-state index contributed by atoms with van der Waals surface area (Å²) >= 11 is 0. The first-order valence-electron chi connectivity index (χ1n) is 5.35. The Morgan fingerprint density at radius 1 is 1.50 bits per heavy atom. The smallest absolute Gasteiger partial charge is 0.338 e. The Kier molecular flexibility index (Phi) is 2.65. The summed E-state index contributed by atoms with van der Waals surface area (Å²) in [4.78, 5) is 11.5. The minimum absolute atomic E-state index is 0.358. The highest BCUT2D eigenvalue weighted by Crippen LogP contribution is 2.37. The molecule has 0 atom stereocenters. The molecule has 82 valence electrons. The Labute approximate surface area is 95.3 Å². The van der Waals surface area contributed by atoms with Crippen molar-refractivity contribution in [1.82, 2.24) is 0 Å². The zero-order valence-corrected chi connectivity index (χ0v) is 9.54. The highest BCUT2D eigenvalue weighted by Gasteiger charge is 2.24. The number of esters is 1. The Bertz CT molecular complexity index is 485. The molecule has 0 aromatic heterocycles. The molecule has 0 aromatic carbocycles. The highest BCUT2D eigenvalue weighted by molar-refractivity contribution is 5.88. The average Bonchev–Trinajstić information content (AvgIpc) is 2.80. The highest BCUT2D eigenvalue weighted by atomic mass is 16.5. The number of ether oxygens (including phenoxy) is 1. The first-order chi connectivity index (χ1) is 7.63. The summed E-state index contributed by atoms with van der Waals surface area (Å²) in [7, 11) is 0. The predicted molar refractivity (Wildman–Crippen MR) is 63.5 cm³/mol. The molecular formula is C14H14O2. The molecule has 2 aliphatic rings. The molecule has 2 nitrogen and oxygen atoms in total. The van der Waals surface area contributed by atoms with Gasteiger partial charge in [0.1, 0.15) is 5.76 Å². The number of fused-ring (bicyclic) bond motifs is 1. The van der Waals surface area contributed by atoms with Gasteiger partial charge in [-0.1, -0.05) is 31.7 Å². The van der Waals surface area contributed by atoms with Crippen LogP contribution in [0.3, 0.4) is 0 Å². The van der Waals surface area contributed by atoms with E-state index in [0.29, 0.717) is 11.3 Å². The molecule has 0 aliphatic heterocycles. The van der Waals surface area contributed by atoms with E-state index in [1.807, 2.05) is 25.2 Å². The van der Waals surface area contributed by atoms with Crippen LogP contribution < -0.4 is 0 Å². The molecule has 0 bridgehead atoms. The minimum Gasteiger partial charge on any atom is -0.422 e. The summed E-state index contributed by atoms with van der Waals surface area (Å²) in [6.07, 6.45) is 8.87. The fraction of sp³-hybridized carbons (Fsp3) is 0.214. The fourth-order valence-corrected chi connectivity index (χ4v) is 1.76. The van der Waals surface area contributed by atoms with E-state index >= 15 is 0 Å². The van der Waals surface area contributed by atoms with Gasteiger partial charge in [0.2, 0.25) is 0 Å². The molecule has 0 heterocycles. The largest absolute Gasteiger partial charge is 0.422 e. The maximum absolute atomic E-state index is 11.5. The number of carbonyl (C=O) groups excluding carboxylic acids is 1. The van der Waals surface area contributed by atoms with Crippen LogP contribution in [0.4, 0.5) is 0 Å². The summed E-state index contributed by atoms with van der Waals surface area (Å²) in [6.45, 7) is 7.28. The molecule has 0 unspecified atom stereocenters. The van der Waals surface area contributed by atoms with Gasteiger partial charge in [-0.25, -0.2) is 4.79 Å². The Morgan fingerprint density at radius 2 is 2.25 bits per heavy atom. The van der Waals surface area contributed by atoms with Gasteiger partial charge in [0.25, 0.3) is 0 Å². The second-order valence-electron chi connectivity index (χ2n) is 3.92. The van der Waals surface area contributed by atoms with Crippen LogP contribution in [0.1, 0.15) is 20.3 Å². The van der Waals surface area contributed by atoms with Crippen molar-refractivity contribution in [3.05, 3.63) is 58.9 Å². The second kappa shape index (κ2) is 3.97. The second-order valence-corrected chi connectivity index (χ2v) is 3.92. The Hall–Kier alpha value is -1.83. The molecule has 2 heteroatoms. The molecule has 0 saturated heterocycles. The maximum atomic E-state index is 11.5. The van der Waals surface area contributed by atoms with Crippen LogP contribution in [0, 0.1) is 0 Å². The Balaban J connectivity index is 2.27. The lowest BCUT2D eigenvalue weighted by atomic mass is 10.1. The number of rotatable bonds is 3. The average molecular weight is 214 g/mol. The summed E-state index contributed by atoms with van der Waals surface area (Å²) in [5.41, 5.74) is 3.62. The molecule has 0 amide bonds. The van der Waals surface area contributed by atoms with Crippen LogP contribution in [0.5, 0.6) is 0 Å². The third-order valence-corrected chi connectivity index (χ3v) is 2.64. The van der Waals surface area contributed by atoms with Gasteiger partial charge in [-0.05, 0) is 30.6 Å². The lowest BCUT2D eigenvalue weighted by molar-refractivity contribution is -0.134. The summed E-state index contributed by atoms with van der Waals surface area (Å²) in [6, 6.07) is 0. The van der Waals surface area contributed by atoms with Crippen molar-refractivity contribution in [2.24, 2.45) is 0 Å². The molecule has 0 aromatic rings. The molecule has 0 spiro atoms. The molecule has 0 radical (unpaired) electrons. The van der Waals surface area contributed by atoms with Crippen molar-refractivity contribution in [2.75, 3.05) is 0 Å². The molecule has 0 N–H and O–H groups in total. The van der Waals surface area contributed by atoms with Crippen molar-refractivity contribution in [3.63, 3.8) is 0 Å². The van der Waals surface area contributed by atoms with Crippen LogP contribution in [-0.2, 0) is 9.53 Å². The fourth-order valence-electron chi connectivity index (χ4n) is 1.76. The van der Waals surface area contributed by atoms with Crippen molar-refractivity contribution in [3.8, 4) is 0 Å². The van der Waals surface area contributed by atoms with Gasteiger partial charge >= 0.3 is 5.97 Å². The van der Waals surface area contributed by atoms with E-state index in [-0.39, 0.29) is 5.97 Å². The topological polar surface area (TPSA) is 26.3 Å². The van der Waals surface area contributed by atoms with Crippen LogP contribution in [0.25, 0.3) is 0 Å². The van der Waals surface area contributed by atoms with Crippen molar-refractivity contribution in [2.45, 2.75) is 20.3 Å². The van der Waals surface area contributed by atoms with Gasteiger partial charge in [-0.15, -0.1) is 0 Å². The maximum Gasteiger partial charge on any atom is 0.338 e. The van der Waals surface area contributed by atoms with E-state index in [2.05, 4.69) is 12.7 Å². The molecule has 0 saturated carbocycles. The molecule has 2 aliphatic carbocycles. The number of allylic oxidation sites excluding steroid dienone is 6. The first kappa shape index (κ1) is 10.7. The monoisotopic (exact) mass is 214 g/mol. The van der Waals surface area contributed by atoms with Gasteiger partial charge in [-0.2, -0.15) is 0 Å². The molecule has 2 rings (SSSR count). The van der Waals surface area contributed by atoms with E-state index in [4.69, 9.17) is 4.74 Å². The van der Waals surface area contributed by atoms with Crippen LogP contribution >= 0.6 is 0 Å². The third kappa shape index (κ3) is 1.67.